The summed E-state index contributed by atoms with van der Waals surface area (Å²) in [4.78, 5) is 10.8. The van der Waals surface area contributed by atoms with Crippen molar-refractivity contribution in [2.24, 2.45) is 11.8 Å². The molecule has 70 valence electrons. The molecule has 0 radical (unpaired) electrons. The topological polar surface area (TPSA) is 49.3 Å². The van der Waals surface area contributed by atoms with Crippen molar-refractivity contribution in [1.29, 1.82) is 0 Å². The van der Waals surface area contributed by atoms with E-state index in [4.69, 9.17) is 5.11 Å². The van der Waals surface area contributed by atoms with Gasteiger partial charge in [0, 0.05) is 0 Å². The lowest BCUT2D eigenvalue weighted by Gasteiger charge is -2.18. The summed E-state index contributed by atoms with van der Waals surface area (Å²) < 4.78 is 0. The van der Waals surface area contributed by atoms with Crippen molar-refractivity contribution in [2.45, 2.75) is 26.2 Å². The molecule has 0 amide bonds. The predicted octanol–water partition coefficient (Wildman–Crippen LogP) is 1.10. The van der Waals surface area contributed by atoms with Crippen molar-refractivity contribution >= 4 is 5.97 Å². The Bertz CT molecular complexity index is 159. The van der Waals surface area contributed by atoms with Crippen LogP contribution in [0.25, 0.3) is 0 Å². The average molecular weight is 171 g/mol. The maximum Gasteiger partial charge on any atom is 0.306 e. The Labute approximate surface area is 73.2 Å². The summed E-state index contributed by atoms with van der Waals surface area (Å²) in [5.74, 6) is -0.368. The van der Waals surface area contributed by atoms with Crippen molar-refractivity contribution in [2.75, 3.05) is 13.1 Å². The molecule has 1 rings (SSSR count). The second-order valence-corrected chi connectivity index (χ2v) is 3.44. The standard InChI is InChI=1S/C9H17NO2/c1-2-7-3-5-10-6-4-8(7)9(11)12/h7-8,10H,2-6H2,1H3,(H,11,12). The van der Waals surface area contributed by atoms with Crippen molar-refractivity contribution < 1.29 is 9.90 Å². The Hall–Kier alpha value is -0.570. The summed E-state index contributed by atoms with van der Waals surface area (Å²) in [5.41, 5.74) is 0. The van der Waals surface area contributed by atoms with Gasteiger partial charge < -0.3 is 10.4 Å². The molecular formula is C9H17NO2. The van der Waals surface area contributed by atoms with Crippen LogP contribution in [0, 0.1) is 11.8 Å². The van der Waals surface area contributed by atoms with E-state index in [0.717, 1.165) is 32.4 Å². The van der Waals surface area contributed by atoms with E-state index in [-0.39, 0.29) is 5.92 Å². The molecule has 0 spiro atoms. The second-order valence-electron chi connectivity index (χ2n) is 3.44. The van der Waals surface area contributed by atoms with Crippen LogP contribution in [-0.4, -0.2) is 24.2 Å². The van der Waals surface area contributed by atoms with Crippen molar-refractivity contribution in [3.63, 3.8) is 0 Å². The number of hydrogen-bond donors (Lipinski definition) is 2. The van der Waals surface area contributed by atoms with E-state index in [1.807, 2.05) is 0 Å². The summed E-state index contributed by atoms with van der Waals surface area (Å²) in [6.07, 6.45) is 2.78. The number of hydrogen-bond acceptors (Lipinski definition) is 2. The van der Waals surface area contributed by atoms with E-state index in [1.54, 1.807) is 0 Å². The van der Waals surface area contributed by atoms with Gasteiger partial charge in [0.15, 0.2) is 0 Å². The van der Waals surface area contributed by atoms with E-state index in [1.165, 1.54) is 0 Å². The lowest BCUT2D eigenvalue weighted by Crippen LogP contribution is -2.23. The van der Waals surface area contributed by atoms with E-state index in [2.05, 4.69) is 12.2 Å². The van der Waals surface area contributed by atoms with Gasteiger partial charge in [-0.25, -0.2) is 0 Å². The monoisotopic (exact) mass is 171 g/mol. The molecule has 1 aliphatic heterocycles. The number of nitrogens with one attached hydrogen (secondary N) is 1. The molecule has 12 heavy (non-hydrogen) atoms. The molecule has 0 aromatic heterocycles. The maximum atomic E-state index is 10.8. The van der Waals surface area contributed by atoms with Crippen LogP contribution >= 0.6 is 0 Å². The number of rotatable bonds is 2. The summed E-state index contributed by atoms with van der Waals surface area (Å²) in [6.45, 7) is 3.90. The number of aliphatic carboxylic acids is 1. The lowest BCUT2D eigenvalue weighted by molar-refractivity contribution is -0.143. The van der Waals surface area contributed by atoms with Crippen LogP contribution in [0.3, 0.4) is 0 Å². The first-order valence-corrected chi connectivity index (χ1v) is 4.69. The van der Waals surface area contributed by atoms with Crippen LogP contribution in [0.1, 0.15) is 26.2 Å². The van der Waals surface area contributed by atoms with Gasteiger partial charge in [-0.2, -0.15) is 0 Å². The molecule has 0 saturated carbocycles. The van der Waals surface area contributed by atoms with Gasteiger partial charge in [0.25, 0.3) is 0 Å². The SMILES string of the molecule is CCC1CCNCCC1C(=O)O. The first kappa shape index (κ1) is 9.52. The first-order valence-electron chi connectivity index (χ1n) is 4.69. The molecule has 0 aromatic rings. The zero-order valence-electron chi connectivity index (χ0n) is 7.55. The Morgan fingerprint density at radius 3 is 2.75 bits per heavy atom. The molecule has 0 aromatic carbocycles. The number of carboxylic acid groups (broad SMARTS) is 1. The molecular weight excluding hydrogens is 154 g/mol. The van der Waals surface area contributed by atoms with Gasteiger partial charge >= 0.3 is 5.97 Å². The molecule has 3 nitrogen and oxygen atoms in total. The normalized spacial score (nSPS) is 31.1. The van der Waals surface area contributed by atoms with Gasteiger partial charge in [-0.1, -0.05) is 13.3 Å². The minimum Gasteiger partial charge on any atom is -0.481 e. The summed E-state index contributed by atoms with van der Waals surface area (Å²) in [5, 5.41) is 12.2. The summed E-state index contributed by atoms with van der Waals surface area (Å²) in [7, 11) is 0. The van der Waals surface area contributed by atoms with Gasteiger partial charge in [0.05, 0.1) is 5.92 Å². The maximum absolute atomic E-state index is 10.8. The fraction of sp³-hybridized carbons (Fsp3) is 0.889. The van der Waals surface area contributed by atoms with Gasteiger partial charge in [-0.05, 0) is 31.8 Å². The number of carboxylic acids is 1. The van der Waals surface area contributed by atoms with Gasteiger partial charge in [-0.3, -0.25) is 4.79 Å². The quantitative estimate of drug-likeness (QED) is 0.654. The van der Waals surface area contributed by atoms with E-state index >= 15 is 0 Å². The minimum atomic E-state index is -0.620. The molecule has 2 unspecified atom stereocenters. The Kier molecular flexibility index (Phi) is 3.53. The van der Waals surface area contributed by atoms with Gasteiger partial charge in [0.1, 0.15) is 0 Å². The predicted molar refractivity (Wildman–Crippen MR) is 47.0 cm³/mol. The molecule has 2 atom stereocenters. The molecule has 2 N–H and O–H groups in total. The van der Waals surface area contributed by atoms with E-state index in [0.29, 0.717) is 5.92 Å². The van der Waals surface area contributed by atoms with Crippen molar-refractivity contribution in [3.8, 4) is 0 Å². The van der Waals surface area contributed by atoms with Crippen LogP contribution in [-0.2, 0) is 4.79 Å². The molecule has 1 fully saturated rings. The molecule has 0 bridgehead atoms. The fourth-order valence-corrected chi connectivity index (χ4v) is 1.92. The summed E-state index contributed by atoms with van der Waals surface area (Å²) in [6, 6.07) is 0. The van der Waals surface area contributed by atoms with Crippen LogP contribution < -0.4 is 5.32 Å². The Morgan fingerprint density at radius 1 is 1.50 bits per heavy atom. The zero-order valence-corrected chi connectivity index (χ0v) is 7.55. The third-order valence-electron chi connectivity index (χ3n) is 2.73. The minimum absolute atomic E-state index is 0.120. The van der Waals surface area contributed by atoms with E-state index in [9.17, 15) is 4.79 Å². The molecule has 0 aliphatic carbocycles. The molecule has 1 heterocycles. The highest BCUT2D eigenvalue weighted by Crippen LogP contribution is 2.24. The third kappa shape index (κ3) is 2.21. The van der Waals surface area contributed by atoms with Crippen LogP contribution in [0.5, 0.6) is 0 Å². The fourth-order valence-electron chi connectivity index (χ4n) is 1.92. The van der Waals surface area contributed by atoms with Gasteiger partial charge in [0.2, 0.25) is 0 Å². The Balaban J connectivity index is 2.57. The average Bonchev–Trinajstić information content (AvgIpc) is 2.27. The highest BCUT2D eigenvalue weighted by Gasteiger charge is 2.27. The van der Waals surface area contributed by atoms with Crippen LogP contribution in [0.4, 0.5) is 0 Å². The van der Waals surface area contributed by atoms with Gasteiger partial charge in [-0.15, -0.1) is 0 Å². The van der Waals surface area contributed by atoms with Crippen molar-refractivity contribution in [3.05, 3.63) is 0 Å². The van der Waals surface area contributed by atoms with Crippen LogP contribution in [0.2, 0.25) is 0 Å². The van der Waals surface area contributed by atoms with Crippen LogP contribution in [0.15, 0.2) is 0 Å². The number of carbonyl (C=O) groups is 1. The third-order valence-corrected chi connectivity index (χ3v) is 2.73. The highest BCUT2D eigenvalue weighted by atomic mass is 16.4. The molecule has 1 aliphatic rings. The lowest BCUT2D eigenvalue weighted by atomic mass is 9.86. The van der Waals surface area contributed by atoms with Crippen molar-refractivity contribution in [1.82, 2.24) is 5.32 Å². The highest BCUT2D eigenvalue weighted by molar-refractivity contribution is 5.70. The van der Waals surface area contributed by atoms with E-state index < -0.39 is 5.97 Å². The molecule has 3 heteroatoms. The Morgan fingerprint density at radius 2 is 2.17 bits per heavy atom. The summed E-state index contributed by atoms with van der Waals surface area (Å²) >= 11 is 0. The second kappa shape index (κ2) is 4.45. The zero-order chi connectivity index (χ0) is 8.97. The largest absolute Gasteiger partial charge is 0.481 e. The molecule has 1 saturated heterocycles. The first-order chi connectivity index (χ1) is 5.75. The smallest absolute Gasteiger partial charge is 0.306 e.